The van der Waals surface area contributed by atoms with Gasteiger partial charge in [-0.2, -0.15) is 0 Å². The Hall–Kier alpha value is -3.82. The molecule has 2 aliphatic carbocycles. The number of carbonyl (C=O) groups is 3. The summed E-state index contributed by atoms with van der Waals surface area (Å²) in [7, 11) is 1.78. The van der Waals surface area contributed by atoms with Gasteiger partial charge in [-0.15, -0.1) is 0 Å². The SMILES string of the molecule is CCOc1cc(O[C@@H]2C[C@H]3C(=O)C[C@]4(C(=O)O)C[C@@H]4/C=C\CCCCN(C)C(=O)[C@@H]3C2)c2ccc3c(c2n1)OCO3. The number of pyridine rings is 1. The minimum absolute atomic E-state index is 0.0711. The smallest absolute Gasteiger partial charge is 0.310 e. The lowest BCUT2D eigenvalue weighted by atomic mass is 9.84. The van der Waals surface area contributed by atoms with Crippen molar-refractivity contribution in [2.45, 2.75) is 58.0 Å². The maximum absolute atomic E-state index is 13.8. The number of rotatable bonds is 5. The van der Waals surface area contributed by atoms with Crippen LogP contribution in [0.25, 0.3) is 10.9 Å². The van der Waals surface area contributed by atoms with E-state index >= 15 is 0 Å². The molecule has 1 aromatic carbocycles. The molecule has 1 N–H and O–H groups in total. The van der Waals surface area contributed by atoms with E-state index in [9.17, 15) is 19.5 Å². The highest BCUT2D eigenvalue weighted by atomic mass is 16.7. The van der Waals surface area contributed by atoms with E-state index in [-0.39, 0.29) is 30.8 Å². The number of aliphatic carboxylic acids is 1. The first-order valence-corrected chi connectivity index (χ1v) is 14.5. The fourth-order valence-electron chi connectivity index (χ4n) is 6.63. The van der Waals surface area contributed by atoms with Gasteiger partial charge in [-0.1, -0.05) is 12.2 Å². The molecule has 2 aliphatic heterocycles. The standard InChI is InChI=1S/C31H36N2O8/c1-3-38-26-14-25(20-9-10-24-28(27(20)32-26)40-17-39-24)41-19-12-21-22(13-19)29(35)33(2)11-7-5-4-6-8-18-15-31(18,30(36)37)16-23(21)34/h6,8-10,14,18-19,21-22H,3-5,7,11-13,15-17H2,1-2H3,(H,36,37)/b8-6-/t18-,19+,21+,22+,31+/m0/s1. The number of nitrogens with zero attached hydrogens (tertiary/aromatic N) is 2. The number of ketones is 1. The topological polar surface area (TPSA) is 124 Å². The zero-order valence-corrected chi connectivity index (χ0v) is 23.5. The van der Waals surface area contributed by atoms with Gasteiger partial charge in [0, 0.05) is 37.4 Å². The minimum atomic E-state index is -1.08. The van der Waals surface area contributed by atoms with Crippen molar-refractivity contribution in [3.63, 3.8) is 0 Å². The van der Waals surface area contributed by atoms with Gasteiger partial charge >= 0.3 is 5.97 Å². The molecule has 10 nitrogen and oxygen atoms in total. The average molecular weight is 565 g/mol. The van der Waals surface area contributed by atoms with Gasteiger partial charge in [-0.05, 0) is 63.5 Å². The Morgan fingerprint density at radius 2 is 2.02 bits per heavy atom. The highest BCUT2D eigenvalue weighted by molar-refractivity contribution is 5.94. The summed E-state index contributed by atoms with van der Waals surface area (Å²) in [5.74, 6) is -0.517. The molecule has 1 aromatic heterocycles. The molecule has 0 unspecified atom stereocenters. The maximum Gasteiger partial charge on any atom is 0.310 e. The number of carboxylic acids is 1. The van der Waals surface area contributed by atoms with Gasteiger partial charge in [-0.3, -0.25) is 14.4 Å². The first-order chi connectivity index (χ1) is 19.8. The van der Waals surface area contributed by atoms with Crippen LogP contribution in [0.15, 0.2) is 30.4 Å². The molecule has 1 amide bonds. The van der Waals surface area contributed by atoms with E-state index in [0.717, 1.165) is 19.3 Å². The summed E-state index contributed by atoms with van der Waals surface area (Å²) in [6.07, 6.45) is 7.22. The van der Waals surface area contributed by atoms with Gasteiger partial charge in [0.05, 0.1) is 17.9 Å². The Bertz CT molecular complexity index is 1410. The van der Waals surface area contributed by atoms with Crippen molar-refractivity contribution in [3.05, 3.63) is 30.4 Å². The Morgan fingerprint density at radius 3 is 2.83 bits per heavy atom. The van der Waals surface area contributed by atoms with Crippen LogP contribution in [-0.2, 0) is 14.4 Å². The summed E-state index contributed by atoms with van der Waals surface area (Å²) < 4.78 is 23.4. The Morgan fingerprint density at radius 1 is 1.20 bits per heavy atom. The van der Waals surface area contributed by atoms with Crippen LogP contribution in [-0.4, -0.2) is 65.7 Å². The number of Topliss-reactive ketones (excluding diaryl/α,β-unsaturated/α-hetero) is 1. The molecular formula is C31H36N2O8. The quantitative estimate of drug-likeness (QED) is 0.527. The molecule has 3 heterocycles. The number of fused-ring (bicyclic) bond motifs is 5. The molecule has 0 radical (unpaired) electrons. The van der Waals surface area contributed by atoms with Crippen LogP contribution in [0, 0.1) is 23.2 Å². The largest absolute Gasteiger partial charge is 0.489 e. The van der Waals surface area contributed by atoms with E-state index in [2.05, 4.69) is 4.98 Å². The third-order valence-corrected chi connectivity index (χ3v) is 9.00. The fraction of sp³-hybridized carbons (Fsp3) is 0.548. The van der Waals surface area contributed by atoms with Gasteiger partial charge in [-0.25, -0.2) is 4.98 Å². The molecular weight excluding hydrogens is 528 g/mol. The molecule has 5 atom stereocenters. The van der Waals surface area contributed by atoms with Gasteiger partial charge < -0.3 is 29.0 Å². The number of amides is 1. The van der Waals surface area contributed by atoms with Crippen molar-refractivity contribution in [2.24, 2.45) is 23.2 Å². The van der Waals surface area contributed by atoms with E-state index in [1.165, 1.54) is 0 Å². The highest BCUT2D eigenvalue weighted by Crippen LogP contribution is 2.57. The number of carboxylic acid groups (broad SMARTS) is 1. The second-order valence-electron chi connectivity index (χ2n) is 11.6. The molecule has 2 fully saturated rings. The van der Waals surface area contributed by atoms with Crippen molar-refractivity contribution < 1.29 is 38.4 Å². The van der Waals surface area contributed by atoms with Crippen LogP contribution in [0.3, 0.4) is 0 Å². The number of hydrogen-bond donors (Lipinski definition) is 1. The minimum Gasteiger partial charge on any atom is -0.489 e. The summed E-state index contributed by atoms with van der Waals surface area (Å²) in [5, 5.41) is 10.8. The van der Waals surface area contributed by atoms with Crippen LogP contribution in [0.1, 0.15) is 51.9 Å². The van der Waals surface area contributed by atoms with Gasteiger partial charge in [0.2, 0.25) is 18.6 Å². The molecule has 4 aliphatic rings. The zero-order valence-electron chi connectivity index (χ0n) is 23.5. The van der Waals surface area contributed by atoms with Crippen molar-refractivity contribution in [1.82, 2.24) is 9.88 Å². The number of allylic oxidation sites excluding steroid dienone is 2. The molecule has 0 spiro atoms. The second kappa shape index (κ2) is 10.9. The molecule has 0 bridgehead atoms. The van der Waals surface area contributed by atoms with E-state index in [1.54, 1.807) is 24.1 Å². The third kappa shape index (κ3) is 5.08. The highest BCUT2D eigenvalue weighted by Gasteiger charge is 2.61. The molecule has 41 heavy (non-hydrogen) atoms. The van der Waals surface area contributed by atoms with Gasteiger partial charge in [0.25, 0.3) is 0 Å². The summed E-state index contributed by atoms with van der Waals surface area (Å²) in [6.45, 7) is 2.99. The van der Waals surface area contributed by atoms with Crippen LogP contribution in [0.5, 0.6) is 23.1 Å². The van der Waals surface area contributed by atoms with E-state index < -0.39 is 29.3 Å². The molecule has 2 saturated carbocycles. The predicted molar refractivity (Wildman–Crippen MR) is 148 cm³/mol. The monoisotopic (exact) mass is 564 g/mol. The number of aromatic nitrogens is 1. The Balaban J connectivity index is 1.31. The van der Waals surface area contributed by atoms with Gasteiger partial charge in [0.1, 0.15) is 23.2 Å². The number of carbonyl (C=O) groups excluding carboxylic acids is 2. The predicted octanol–water partition coefficient (Wildman–Crippen LogP) is 4.38. The van der Waals surface area contributed by atoms with E-state index in [1.807, 2.05) is 25.1 Å². The first kappa shape index (κ1) is 27.4. The van der Waals surface area contributed by atoms with E-state index in [4.69, 9.17) is 18.9 Å². The maximum atomic E-state index is 13.8. The summed E-state index contributed by atoms with van der Waals surface area (Å²) in [6, 6.07) is 5.39. The lowest BCUT2D eigenvalue weighted by molar-refractivity contribution is -0.147. The number of hydrogen-bond acceptors (Lipinski definition) is 8. The second-order valence-corrected chi connectivity index (χ2v) is 11.6. The number of ether oxygens (including phenoxy) is 4. The van der Waals surface area contributed by atoms with Crippen molar-refractivity contribution in [2.75, 3.05) is 27.0 Å². The lowest BCUT2D eigenvalue weighted by Gasteiger charge is -2.25. The third-order valence-electron chi connectivity index (χ3n) is 9.00. The lowest BCUT2D eigenvalue weighted by Crippen LogP contribution is -2.38. The van der Waals surface area contributed by atoms with Crippen LogP contribution in [0.2, 0.25) is 0 Å². The van der Waals surface area contributed by atoms with Crippen molar-refractivity contribution >= 4 is 28.6 Å². The molecule has 10 heteroatoms. The summed E-state index contributed by atoms with van der Waals surface area (Å²) in [4.78, 5) is 46.0. The summed E-state index contributed by atoms with van der Waals surface area (Å²) in [5.41, 5.74) is -0.521. The van der Waals surface area contributed by atoms with Crippen LogP contribution >= 0.6 is 0 Å². The zero-order chi connectivity index (χ0) is 28.7. The van der Waals surface area contributed by atoms with Crippen molar-refractivity contribution in [1.29, 1.82) is 0 Å². The Kier molecular flexibility index (Phi) is 7.25. The van der Waals surface area contributed by atoms with Crippen LogP contribution in [0.4, 0.5) is 0 Å². The van der Waals surface area contributed by atoms with Crippen LogP contribution < -0.4 is 18.9 Å². The van der Waals surface area contributed by atoms with Gasteiger partial charge in [0.15, 0.2) is 11.5 Å². The van der Waals surface area contributed by atoms with Crippen molar-refractivity contribution in [3.8, 4) is 23.1 Å². The van der Waals surface area contributed by atoms with E-state index in [0.29, 0.717) is 66.4 Å². The first-order valence-electron chi connectivity index (χ1n) is 14.5. The Labute approximate surface area is 238 Å². The normalized spacial score (nSPS) is 30.3. The molecule has 0 saturated heterocycles. The summed E-state index contributed by atoms with van der Waals surface area (Å²) >= 11 is 0. The number of benzene rings is 1. The molecule has 218 valence electrons. The molecule has 6 rings (SSSR count). The molecule has 2 aromatic rings. The average Bonchev–Trinajstić information content (AvgIpc) is 3.26. The fourth-order valence-corrected chi connectivity index (χ4v) is 6.63.